The molecule has 1 amide bonds. The fourth-order valence-corrected chi connectivity index (χ4v) is 1.43. The molecule has 0 aromatic heterocycles. The predicted octanol–water partition coefficient (Wildman–Crippen LogP) is -0.777. The van der Waals surface area contributed by atoms with Crippen LogP contribution >= 0.6 is 0 Å². The number of nitrogens with one attached hydrogen (secondary N) is 1. The molecule has 0 spiro atoms. The van der Waals surface area contributed by atoms with Gasteiger partial charge in [-0.05, 0) is 13.3 Å². The van der Waals surface area contributed by atoms with Crippen molar-refractivity contribution in [1.29, 1.82) is 5.26 Å². The minimum atomic E-state index is -0.468. The van der Waals surface area contributed by atoms with Crippen LogP contribution in [0.15, 0.2) is 11.8 Å². The summed E-state index contributed by atoms with van der Waals surface area (Å²) in [6.07, 6.45) is 2.03. The predicted molar refractivity (Wildman–Crippen MR) is 73.6 cm³/mol. The van der Waals surface area contributed by atoms with E-state index in [4.69, 9.17) is 20.2 Å². The molecule has 0 rings (SSSR count). The molecule has 0 radical (unpaired) electrons. The number of nitrogens with zero attached hydrogens (tertiary/aromatic N) is 2. The number of nitriles is 1. The lowest BCUT2D eigenvalue weighted by molar-refractivity contribution is -0.117. The standard InChI is InChI=1S/C13H23N3O4/c1-2-20-9-3-4-15-13(19)12(10-14)11-16(5-7-17)6-8-18/h11,17-18H,2-9H2,1H3,(H,15,19)/b12-11-. The fraction of sp³-hybridized carbons (Fsp3) is 0.692. The summed E-state index contributed by atoms with van der Waals surface area (Å²) in [5.41, 5.74) is -0.0525. The second-order valence-electron chi connectivity index (χ2n) is 3.94. The van der Waals surface area contributed by atoms with E-state index < -0.39 is 5.91 Å². The molecule has 0 fully saturated rings. The van der Waals surface area contributed by atoms with Gasteiger partial charge < -0.3 is 25.2 Å². The Morgan fingerprint density at radius 3 is 2.55 bits per heavy atom. The molecule has 20 heavy (non-hydrogen) atoms. The van der Waals surface area contributed by atoms with Crippen LogP contribution in [0.25, 0.3) is 0 Å². The highest BCUT2D eigenvalue weighted by molar-refractivity contribution is 5.97. The second kappa shape index (κ2) is 12.4. The molecule has 3 N–H and O–H groups in total. The molecule has 0 bridgehead atoms. The van der Waals surface area contributed by atoms with Crippen LogP contribution in [-0.2, 0) is 9.53 Å². The molecule has 0 saturated heterocycles. The summed E-state index contributed by atoms with van der Waals surface area (Å²) in [4.78, 5) is 13.3. The zero-order chi connectivity index (χ0) is 15.2. The Labute approximate surface area is 119 Å². The number of hydrogen-bond donors (Lipinski definition) is 3. The van der Waals surface area contributed by atoms with Gasteiger partial charge >= 0.3 is 0 Å². The summed E-state index contributed by atoms with van der Waals surface area (Å²) in [5.74, 6) is -0.468. The molecule has 0 aliphatic heterocycles. The Morgan fingerprint density at radius 2 is 2.05 bits per heavy atom. The minimum absolute atomic E-state index is 0.0525. The molecule has 0 aliphatic carbocycles. The lowest BCUT2D eigenvalue weighted by atomic mass is 10.2. The number of aliphatic hydroxyl groups excluding tert-OH is 2. The van der Waals surface area contributed by atoms with Crippen molar-refractivity contribution < 1.29 is 19.7 Å². The van der Waals surface area contributed by atoms with E-state index >= 15 is 0 Å². The van der Waals surface area contributed by atoms with Crippen LogP contribution in [-0.4, -0.2) is 67.1 Å². The molecular formula is C13H23N3O4. The van der Waals surface area contributed by atoms with Gasteiger partial charge in [-0.2, -0.15) is 5.26 Å². The van der Waals surface area contributed by atoms with Gasteiger partial charge in [-0.3, -0.25) is 4.79 Å². The molecule has 114 valence electrons. The summed E-state index contributed by atoms with van der Waals surface area (Å²) in [7, 11) is 0. The molecule has 0 heterocycles. The zero-order valence-electron chi connectivity index (χ0n) is 11.8. The van der Waals surface area contributed by atoms with Gasteiger partial charge in [0.05, 0.1) is 13.2 Å². The summed E-state index contributed by atoms with van der Waals surface area (Å²) >= 11 is 0. The van der Waals surface area contributed by atoms with Gasteiger partial charge in [-0.15, -0.1) is 0 Å². The monoisotopic (exact) mass is 285 g/mol. The van der Waals surface area contributed by atoms with Crippen LogP contribution in [0.5, 0.6) is 0 Å². The quantitative estimate of drug-likeness (QED) is 0.261. The molecule has 7 nitrogen and oxygen atoms in total. The SMILES string of the molecule is CCOCCCNC(=O)/C(C#N)=C\N(CCO)CCO. The van der Waals surface area contributed by atoms with E-state index in [0.29, 0.717) is 26.2 Å². The van der Waals surface area contributed by atoms with Crippen molar-refractivity contribution >= 4 is 5.91 Å². The highest BCUT2D eigenvalue weighted by Crippen LogP contribution is 1.98. The first kappa shape index (κ1) is 18.4. The first-order valence-corrected chi connectivity index (χ1v) is 6.63. The number of hydrogen-bond acceptors (Lipinski definition) is 6. The highest BCUT2D eigenvalue weighted by atomic mass is 16.5. The van der Waals surface area contributed by atoms with Crippen molar-refractivity contribution in [3.05, 3.63) is 11.8 Å². The van der Waals surface area contributed by atoms with Crippen molar-refractivity contribution in [2.45, 2.75) is 13.3 Å². The van der Waals surface area contributed by atoms with E-state index in [1.54, 1.807) is 0 Å². The van der Waals surface area contributed by atoms with E-state index in [0.717, 1.165) is 0 Å². The smallest absolute Gasteiger partial charge is 0.263 e. The van der Waals surface area contributed by atoms with Crippen molar-refractivity contribution in [1.82, 2.24) is 10.2 Å². The summed E-state index contributed by atoms with van der Waals surface area (Å²) in [6.45, 7) is 3.78. The Bertz CT molecular complexity index is 333. The average Bonchev–Trinajstić information content (AvgIpc) is 2.44. The summed E-state index contributed by atoms with van der Waals surface area (Å²) < 4.78 is 5.14. The van der Waals surface area contributed by atoms with Crippen molar-refractivity contribution in [2.75, 3.05) is 46.1 Å². The third-order valence-corrected chi connectivity index (χ3v) is 2.41. The Morgan fingerprint density at radius 1 is 1.40 bits per heavy atom. The first-order chi connectivity index (χ1) is 9.69. The van der Waals surface area contributed by atoms with Crippen LogP contribution in [0.4, 0.5) is 0 Å². The summed E-state index contributed by atoms with van der Waals surface area (Å²) in [6, 6.07) is 1.81. The third kappa shape index (κ3) is 8.48. The molecule has 0 saturated carbocycles. The van der Waals surface area contributed by atoms with Crippen molar-refractivity contribution in [3.8, 4) is 6.07 Å². The molecule has 0 unspecified atom stereocenters. The van der Waals surface area contributed by atoms with Crippen LogP contribution in [0.1, 0.15) is 13.3 Å². The summed E-state index contributed by atoms with van der Waals surface area (Å²) in [5, 5.41) is 29.3. The lowest BCUT2D eigenvalue weighted by Gasteiger charge is -2.18. The molecule has 0 aliphatic rings. The van der Waals surface area contributed by atoms with E-state index in [9.17, 15) is 4.79 Å². The minimum Gasteiger partial charge on any atom is -0.395 e. The Kier molecular flexibility index (Phi) is 11.4. The Balaban J connectivity index is 4.33. The maximum Gasteiger partial charge on any atom is 0.263 e. The van der Waals surface area contributed by atoms with Crippen molar-refractivity contribution in [2.24, 2.45) is 0 Å². The number of rotatable bonds is 11. The van der Waals surface area contributed by atoms with Crippen LogP contribution in [0.2, 0.25) is 0 Å². The van der Waals surface area contributed by atoms with Gasteiger partial charge in [0.1, 0.15) is 11.6 Å². The first-order valence-electron chi connectivity index (χ1n) is 6.63. The van der Waals surface area contributed by atoms with Gasteiger partial charge in [0, 0.05) is 39.0 Å². The normalized spacial score (nSPS) is 11.0. The van der Waals surface area contributed by atoms with E-state index in [-0.39, 0.29) is 31.9 Å². The van der Waals surface area contributed by atoms with Gasteiger partial charge in [-0.1, -0.05) is 0 Å². The number of carbonyl (C=O) groups excluding carboxylic acids is 1. The largest absolute Gasteiger partial charge is 0.395 e. The van der Waals surface area contributed by atoms with E-state index in [1.807, 2.05) is 13.0 Å². The van der Waals surface area contributed by atoms with Gasteiger partial charge in [-0.25, -0.2) is 0 Å². The van der Waals surface area contributed by atoms with Crippen molar-refractivity contribution in [3.63, 3.8) is 0 Å². The van der Waals surface area contributed by atoms with Crippen LogP contribution < -0.4 is 5.32 Å². The molecule has 0 atom stereocenters. The highest BCUT2D eigenvalue weighted by Gasteiger charge is 2.10. The third-order valence-electron chi connectivity index (χ3n) is 2.41. The number of carbonyl (C=O) groups is 1. The van der Waals surface area contributed by atoms with Gasteiger partial charge in [0.15, 0.2) is 0 Å². The number of aliphatic hydroxyl groups is 2. The number of amides is 1. The Hall–Kier alpha value is -1.62. The molecule has 0 aromatic rings. The number of ether oxygens (including phenoxy) is 1. The maximum atomic E-state index is 11.8. The molecule has 0 aromatic carbocycles. The zero-order valence-corrected chi connectivity index (χ0v) is 11.8. The average molecular weight is 285 g/mol. The second-order valence-corrected chi connectivity index (χ2v) is 3.94. The lowest BCUT2D eigenvalue weighted by Crippen LogP contribution is -2.30. The molecule has 7 heteroatoms. The fourth-order valence-electron chi connectivity index (χ4n) is 1.43. The molecular weight excluding hydrogens is 262 g/mol. The van der Waals surface area contributed by atoms with Crippen LogP contribution in [0.3, 0.4) is 0 Å². The van der Waals surface area contributed by atoms with Gasteiger partial charge in [0.2, 0.25) is 0 Å². The van der Waals surface area contributed by atoms with E-state index in [2.05, 4.69) is 5.32 Å². The van der Waals surface area contributed by atoms with E-state index in [1.165, 1.54) is 11.1 Å². The topological polar surface area (TPSA) is 106 Å². The maximum absolute atomic E-state index is 11.8. The van der Waals surface area contributed by atoms with Gasteiger partial charge in [0.25, 0.3) is 5.91 Å². The van der Waals surface area contributed by atoms with Crippen LogP contribution in [0, 0.1) is 11.3 Å².